The zero-order valence-electron chi connectivity index (χ0n) is 14.4. The Morgan fingerprint density at radius 1 is 1.04 bits per heavy atom. The largest absolute Gasteiger partial charge is 0.508 e. The fourth-order valence-electron chi connectivity index (χ4n) is 2.87. The van der Waals surface area contributed by atoms with Crippen LogP contribution in [0.2, 0.25) is 5.02 Å². The topological polar surface area (TPSA) is 88.2 Å². The van der Waals surface area contributed by atoms with Crippen molar-refractivity contribution in [2.45, 2.75) is 6.42 Å². The van der Waals surface area contributed by atoms with E-state index in [-0.39, 0.29) is 5.75 Å². The van der Waals surface area contributed by atoms with E-state index in [0.29, 0.717) is 28.7 Å². The minimum atomic E-state index is 0.233. The quantitative estimate of drug-likeness (QED) is 0.457. The van der Waals surface area contributed by atoms with Crippen LogP contribution in [0.4, 0.5) is 10.9 Å². The first-order chi connectivity index (χ1) is 13.6. The molecule has 2 N–H and O–H groups in total. The lowest BCUT2D eigenvalue weighted by Crippen LogP contribution is -2.03. The van der Waals surface area contributed by atoms with Gasteiger partial charge in [-0.25, -0.2) is 4.98 Å². The number of benzene rings is 2. The van der Waals surface area contributed by atoms with Gasteiger partial charge in [-0.3, -0.25) is 0 Å². The van der Waals surface area contributed by atoms with E-state index in [1.165, 1.54) is 11.3 Å². The second-order valence-electron chi connectivity index (χ2n) is 6.20. The number of nitrogens with zero attached hydrogens (tertiary/aromatic N) is 5. The number of phenols is 1. The Hall–Kier alpha value is -3.23. The van der Waals surface area contributed by atoms with Gasteiger partial charge in [0.15, 0.2) is 22.4 Å². The summed E-state index contributed by atoms with van der Waals surface area (Å²) in [4.78, 5) is 4.56. The zero-order chi connectivity index (χ0) is 19.1. The van der Waals surface area contributed by atoms with Gasteiger partial charge in [-0.1, -0.05) is 35.1 Å². The summed E-state index contributed by atoms with van der Waals surface area (Å²) in [6, 6.07) is 16.3. The lowest BCUT2D eigenvalue weighted by Gasteiger charge is -2.04. The predicted octanol–water partition coefficient (Wildman–Crippen LogP) is 4.43. The van der Waals surface area contributed by atoms with Crippen molar-refractivity contribution in [3.05, 3.63) is 71.0 Å². The number of fused-ring (bicyclic) bond motifs is 2. The Morgan fingerprint density at radius 2 is 1.89 bits per heavy atom. The number of aromatic hydroxyl groups is 1. The molecule has 0 bridgehead atoms. The average molecular weight is 409 g/mol. The Labute approximate surface area is 168 Å². The van der Waals surface area contributed by atoms with Crippen molar-refractivity contribution in [3.8, 4) is 5.75 Å². The van der Waals surface area contributed by atoms with Gasteiger partial charge < -0.3 is 10.4 Å². The third-order valence-corrected chi connectivity index (χ3v) is 5.38. The number of phenolic OH excluding ortho intramolecular Hbond substituents is 1. The first kappa shape index (κ1) is 16.9. The molecule has 0 saturated carbocycles. The molecule has 3 aromatic heterocycles. The Balaban J connectivity index is 1.45. The third-order valence-electron chi connectivity index (χ3n) is 4.21. The van der Waals surface area contributed by atoms with Crippen molar-refractivity contribution < 1.29 is 5.11 Å². The Morgan fingerprint density at radius 3 is 2.75 bits per heavy atom. The first-order valence-electron chi connectivity index (χ1n) is 8.46. The molecular weight excluding hydrogens is 396 g/mol. The highest BCUT2D eigenvalue weighted by Crippen LogP contribution is 2.29. The van der Waals surface area contributed by atoms with Crippen LogP contribution in [0.3, 0.4) is 0 Å². The normalized spacial score (nSPS) is 11.3. The summed E-state index contributed by atoms with van der Waals surface area (Å²) in [5.41, 5.74) is 2.56. The van der Waals surface area contributed by atoms with Gasteiger partial charge >= 0.3 is 0 Å². The molecule has 7 nitrogen and oxygen atoms in total. The molecule has 0 aliphatic rings. The minimum absolute atomic E-state index is 0.233. The molecule has 0 radical (unpaired) electrons. The summed E-state index contributed by atoms with van der Waals surface area (Å²) in [7, 11) is 0. The van der Waals surface area contributed by atoms with E-state index in [2.05, 4.69) is 25.6 Å². The highest BCUT2D eigenvalue weighted by atomic mass is 35.5. The van der Waals surface area contributed by atoms with Crippen LogP contribution in [0.1, 0.15) is 11.4 Å². The van der Waals surface area contributed by atoms with Crippen molar-refractivity contribution in [3.63, 3.8) is 0 Å². The van der Waals surface area contributed by atoms with E-state index in [0.717, 1.165) is 20.9 Å². The van der Waals surface area contributed by atoms with Crippen molar-refractivity contribution >= 4 is 49.8 Å². The van der Waals surface area contributed by atoms with Crippen LogP contribution in [0.25, 0.3) is 15.9 Å². The van der Waals surface area contributed by atoms with E-state index in [9.17, 15) is 5.11 Å². The first-order valence-corrected chi connectivity index (χ1v) is 9.66. The molecule has 0 aliphatic carbocycles. The molecule has 28 heavy (non-hydrogen) atoms. The molecule has 5 rings (SSSR count). The fourth-order valence-corrected chi connectivity index (χ4v) is 4.02. The highest BCUT2D eigenvalue weighted by molar-refractivity contribution is 7.22. The van der Waals surface area contributed by atoms with Gasteiger partial charge in [0.05, 0.1) is 10.2 Å². The molecule has 0 fully saturated rings. The van der Waals surface area contributed by atoms with E-state index >= 15 is 0 Å². The molecule has 0 saturated heterocycles. The van der Waals surface area contributed by atoms with Gasteiger partial charge in [0.1, 0.15) is 5.75 Å². The maximum Gasteiger partial charge on any atom is 0.189 e. The maximum absolute atomic E-state index is 9.43. The van der Waals surface area contributed by atoms with E-state index in [1.54, 1.807) is 16.6 Å². The summed E-state index contributed by atoms with van der Waals surface area (Å²) >= 11 is 7.56. The standard InChI is InChI=1S/C19H13ClN6OS/c20-12-3-6-14-15(10-12)28-19(21-14)22-16-7-8-17-23-24-18(26(17)25-16)9-11-1-4-13(27)5-2-11/h1-8,10,27H,9H2,(H,21,22,25). The highest BCUT2D eigenvalue weighted by Gasteiger charge is 2.10. The molecule has 5 aromatic rings. The molecule has 0 aliphatic heterocycles. The van der Waals surface area contributed by atoms with Crippen molar-refractivity contribution in [2.24, 2.45) is 0 Å². The Bertz CT molecular complexity index is 1300. The molecule has 0 unspecified atom stereocenters. The van der Waals surface area contributed by atoms with Crippen LogP contribution in [-0.2, 0) is 6.42 Å². The molecular formula is C19H13ClN6OS. The van der Waals surface area contributed by atoms with Crippen LogP contribution in [0, 0.1) is 0 Å². The zero-order valence-corrected chi connectivity index (χ0v) is 15.9. The summed E-state index contributed by atoms with van der Waals surface area (Å²) in [6.07, 6.45) is 0.553. The van der Waals surface area contributed by atoms with Gasteiger partial charge in [0, 0.05) is 11.4 Å². The van der Waals surface area contributed by atoms with Crippen LogP contribution < -0.4 is 5.32 Å². The number of nitrogens with one attached hydrogen (secondary N) is 1. The van der Waals surface area contributed by atoms with Crippen LogP contribution in [0.5, 0.6) is 5.75 Å². The monoisotopic (exact) mass is 408 g/mol. The lowest BCUT2D eigenvalue weighted by atomic mass is 10.1. The SMILES string of the molecule is Oc1ccc(Cc2nnc3ccc(Nc4nc5ccc(Cl)cc5s4)nn23)cc1. The molecule has 2 aromatic carbocycles. The van der Waals surface area contributed by atoms with Gasteiger partial charge in [0.25, 0.3) is 0 Å². The second kappa shape index (κ2) is 6.74. The van der Waals surface area contributed by atoms with Gasteiger partial charge in [-0.2, -0.15) is 4.52 Å². The number of aromatic nitrogens is 5. The number of hydrogen-bond acceptors (Lipinski definition) is 7. The Kier molecular flexibility index (Phi) is 4.07. The maximum atomic E-state index is 9.43. The van der Waals surface area contributed by atoms with E-state index in [4.69, 9.17) is 11.6 Å². The van der Waals surface area contributed by atoms with Gasteiger partial charge in [-0.05, 0) is 48.0 Å². The summed E-state index contributed by atoms with van der Waals surface area (Å²) in [6.45, 7) is 0. The number of thiazole rings is 1. The van der Waals surface area contributed by atoms with Crippen LogP contribution >= 0.6 is 22.9 Å². The number of hydrogen-bond donors (Lipinski definition) is 2. The summed E-state index contributed by atoms with van der Waals surface area (Å²) in [5.74, 6) is 1.58. The van der Waals surface area contributed by atoms with E-state index in [1.807, 2.05) is 42.5 Å². The van der Waals surface area contributed by atoms with E-state index < -0.39 is 0 Å². The molecule has 0 atom stereocenters. The summed E-state index contributed by atoms with van der Waals surface area (Å²) in [5, 5.41) is 27.1. The second-order valence-corrected chi connectivity index (χ2v) is 7.67. The smallest absolute Gasteiger partial charge is 0.189 e. The van der Waals surface area contributed by atoms with Crippen molar-refractivity contribution in [1.29, 1.82) is 0 Å². The van der Waals surface area contributed by atoms with Gasteiger partial charge in [-0.15, -0.1) is 15.3 Å². The van der Waals surface area contributed by atoms with Crippen LogP contribution in [-0.4, -0.2) is 29.9 Å². The van der Waals surface area contributed by atoms with Crippen LogP contribution in [0.15, 0.2) is 54.6 Å². The molecule has 138 valence electrons. The van der Waals surface area contributed by atoms with Gasteiger partial charge in [0.2, 0.25) is 0 Å². The number of rotatable bonds is 4. The third kappa shape index (κ3) is 3.23. The fraction of sp³-hybridized carbons (Fsp3) is 0.0526. The van der Waals surface area contributed by atoms with Crippen molar-refractivity contribution in [1.82, 2.24) is 24.8 Å². The predicted molar refractivity (Wildman–Crippen MR) is 110 cm³/mol. The molecule has 9 heteroatoms. The molecule has 0 amide bonds. The molecule has 3 heterocycles. The number of halogens is 1. The van der Waals surface area contributed by atoms with Crippen molar-refractivity contribution in [2.75, 3.05) is 5.32 Å². The lowest BCUT2D eigenvalue weighted by molar-refractivity contribution is 0.475. The average Bonchev–Trinajstić information content (AvgIpc) is 3.26. The minimum Gasteiger partial charge on any atom is -0.508 e. The molecule has 0 spiro atoms. The number of anilines is 2. The summed E-state index contributed by atoms with van der Waals surface area (Å²) < 4.78 is 2.72.